The van der Waals surface area contributed by atoms with E-state index >= 15 is 0 Å². The van der Waals surface area contributed by atoms with E-state index in [4.69, 9.17) is 0 Å². The molecule has 4 rings (SSSR count). The predicted molar refractivity (Wildman–Crippen MR) is 92.9 cm³/mol. The number of amides is 1. The summed E-state index contributed by atoms with van der Waals surface area (Å²) in [4.78, 5) is 21.8. The number of anilines is 1. The molecular formula is C17H26N4OS. The smallest absolute Gasteiger partial charge is 0.239 e. The van der Waals surface area contributed by atoms with Crippen LogP contribution in [0.4, 0.5) is 5.13 Å². The summed E-state index contributed by atoms with van der Waals surface area (Å²) < 4.78 is 0. The van der Waals surface area contributed by atoms with E-state index in [1.165, 1.54) is 25.7 Å². The van der Waals surface area contributed by atoms with Gasteiger partial charge >= 0.3 is 0 Å². The molecule has 1 aromatic heterocycles. The molecule has 126 valence electrons. The highest BCUT2D eigenvalue weighted by atomic mass is 32.1. The first-order chi connectivity index (χ1) is 11.2. The Hall–Kier alpha value is -1.14. The summed E-state index contributed by atoms with van der Waals surface area (Å²) in [6.07, 6.45) is 6.27. The third kappa shape index (κ3) is 3.11. The summed E-state index contributed by atoms with van der Waals surface area (Å²) in [7, 11) is 0. The highest BCUT2D eigenvalue weighted by Crippen LogP contribution is 2.33. The zero-order valence-corrected chi connectivity index (χ0v) is 14.6. The van der Waals surface area contributed by atoms with Gasteiger partial charge in [-0.25, -0.2) is 4.98 Å². The highest BCUT2D eigenvalue weighted by molar-refractivity contribution is 7.13. The van der Waals surface area contributed by atoms with E-state index in [1.807, 2.05) is 6.92 Å². The Labute approximate surface area is 142 Å². The zero-order chi connectivity index (χ0) is 15.8. The van der Waals surface area contributed by atoms with Gasteiger partial charge in [0.05, 0.1) is 11.7 Å². The second kappa shape index (κ2) is 6.40. The van der Waals surface area contributed by atoms with Crippen LogP contribution in [0.1, 0.15) is 37.8 Å². The molecule has 5 nitrogen and oxygen atoms in total. The maximum Gasteiger partial charge on any atom is 0.239 e. The van der Waals surface area contributed by atoms with Crippen molar-refractivity contribution in [3.63, 3.8) is 0 Å². The molecule has 3 unspecified atom stereocenters. The molecular weight excluding hydrogens is 308 g/mol. The van der Waals surface area contributed by atoms with Gasteiger partial charge in [0.15, 0.2) is 5.13 Å². The molecule has 0 bridgehead atoms. The van der Waals surface area contributed by atoms with Crippen LogP contribution in [0, 0.1) is 12.8 Å². The van der Waals surface area contributed by atoms with Crippen molar-refractivity contribution >= 4 is 22.4 Å². The topological polar surface area (TPSA) is 48.5 Å². The predicted octanol–water partition coefficient (Wildman–Crippen LogP) is 2.02. The van der Waals surface area contributed by atoms with Gasteiger partial charge in [-0.1, -0.05) is 12.8 Å². The number of carbonyl (C=O) groups is 1. The standard InChI is InChI=1S/C17H26N4OS/c1-12-11-23-17(18-12)21-8-6-20(7-9-21)16(22)15-10-13-4-2-3-5-14(13)19-15/h11,13-15,19H,2-10H2,1H3. The number of hydrogen-bond acceptors (Lipinski definition) is 5. The Morgan fingerprint density at radius 1 is 1.26 bits per heavy atom. The molecule has 6 heteroatoms. The fourth-order valence-electron chi connectivity index (χ4n) is 4.34. The molecule has 1 aliphatic carbocycles. The summed E-state index contributed by atoms with van der Waals surface area (Å²) in [5.41, 5.74) is 1.08. The van der Waals surface area contributed by atoms with Gasteiger partial charge in [0.25, 0.3) is 0 Å². The van der Waals surface area contributed by atoms with E-state index in [1.54, 1.807) is 11.3 Å². The molecule has 3 heterocycles. The van der Waals surface area contributed by atoms with Crippen LogP contribution in [0.3, 0.4) is 0 Å². The number of nitrogens with zero attached hydrogens (tertiary/aromatic N) is 3. The Morgan fingerprint density at radius 2 is 2.04 bits per heavy atom. The lowest BCUT2D eigenvalue weighted by Gasteiger charge is -2.35. The van der Waals surface area contributed by atoms with E-state index in [2.05, 4.69) is 25.5 Å². The minimum Gasteiger partial charge on any atom is -0.345 e. The van der Waals surface area contributed by atoms with Crippen molar-refractivity contribution in [1.82, 2.24) is 15.2 Å². The Morgan fingerprint density at radius 3 is 2.74 bits per heavy atom. The lowest BCUT2D eigenvalue weighted by Crippen LogP contribution is -2.53. The Kier molecular flexibility index (Phi) is 4.28. The number of rotatable bonds is 2. The number of thiazole rings is 1. The van der Waals surface area contributed by atoms with Crippen molar-refractivity contribution in [2.24, 2.45) is 5.92 Å². The average Bonchev–Trinajstić information content (AvgIpc) is 3.20. The summed E-state index contributed by atoms with van der Waals surface area (Å²) in [6, 6.07) is 0.661. The lowest BCUT2D eigenvalue weighted by molar-refractivity contribution is -0.133. The number of aromatic nitrogens is 1. The molecule has 3 atom stereocenters. The van der Waals surface area contributed by atoms with Crippen LogP contribution >= 0.6 is 11.3 Å². The molecule has 1 N–H and O–H groups in total. The second-order valence-corrected chi connectivity index (χ2v) is 8.03. The number of nitrogens with one attached hydrogen (secondary N) is 1. The second-order valence-electron chi connectivity index (χ2n) is 7.19. The summed E-state index contributed by atoms with van der Waals surface area (Å²) in [5.74, 6) is 1.06. The van der Waals surface area contributed by atoms with Gasteiger partial charge in [-0.2, -0.15) is 0 Å². The van der Waals surface area contributed by atoms with Gasteiger partial charge in [-0.05, 0) is 32.1 Å². The van der Waals surface area contributed by atoms with Crippen molar-refractivity contribution in [2.75, 3.05) is 31.1 Å². The van der Waals surface area contributed by atoms with E-state index in [9.17, 15) is 4.79 Å². The van der Waals surface area contributed by atoms with Crippen LogP contribution < -0.4 is 10.2 Å². The van der Waals surface area contributed by atoms with Gasteiger partial charge in [0, 0.05) is 37.6 Å². The van der Waals surface area contributed by atoms with Crippen LogP contribution in [0.5, 0.6) is 0 Å². The lowest BCUT2D eigenvalue weighted by atomic mass is 9.85. The van der Waals surface area contributed by atoms with Crippen LogP contribution in [0.25, 0.3) is 0 Å². The first kappa shape index (κ1) is 15.4. The number of piperazine rings is 1. The number of aryl methyl sites for hydroxylation is 1. The molecule has 0 radical (unpaired) electrons. The zero-order valence-electron chi connectivity index (χ0n) is 13.8. The molecule has 2 aliphatic heterocycles. The Bertz CT molecular complexity index is 553. The Balaban J connectivity index is 1.32. The van der Waals surface area contributed by atoms with Crippen molar-refractivity contribution in [1.29, 1.82) is 0 Å². The molecule has 1 amide bonds. The maximum absolute atomic E-state index is 12.8. The minimum atomic E-state index is 0.0664. The van der Waals surface area contributed by atoms with Gasteiger partial charge < -0.3 is 15.1 Å². The van der Waals surface area contributed by atoms with Crippen LogP contribution in [-0.2, 0) is 4.79 Å². The van der Waals surface area contributed by atoms with Crippen molar-refractivity contribution in [2.45, 2.75) is 51.1 Å². The largest absolute Gasteiger partial charge is 0.345 e. The summed E-state index contributed by atoms with van der Waals surface area (Å²) in [5, 5.41) is 6.81. The van der Waals surface area contributed by atoms with E-state index in [-0.39, 0.29) is 6.04 Å². The van der Waals surface area contributed by atoms with Crippen LogP contribution in [-0.4, -0.2) is 54.1 Å². The summed E-state index contributed by atoms with van der Waals surface area (Å²) >= 11 is 1.70. The normalized spacial score (nSPS) is 31.3. The summed E-state index contributed by atoms with van der Waals surface area (Å²) in [6.45, 7) is 5.48. The number of fused-ring (bicyclic) bond motifs is 1. The third-order valence-corrected chi connectivity index (χ3v) is 6.65. The van der Waals surface area contributed by atoms with E-state index in [0.29, 0.717) is 11.9 Å². The highest BCUT2D eigenvalue weighted by Gasteiger charge is 2.40. The van der Waals surface area contributed by atoms with Crippen LogP contribution in [0.15, 0.2) is 5.38 Å². The fourth-order valence-corrected chi connectivity index (χ4v) is 5.19. The minimum absolute atomic E-state index is 0.0664. The van der Waals surface area contributed by atoms with Crippen molar-refractivity contribution in [3.8, 4) is 0 Å². The molecule has 3 fully saturated rings. The molecule has 2 saturated heterocycles. The molecule has 1 aromatic rings. The number of carbonyl (C=O) groups excluding carboxylic acids is 1. The average molecular weight is 334 g/mol. The maximum atomic E-state index is 12.8. The van der Waals surface area contributed by atoms with Gasteiger partial charge in [0.2, 0.25) is 5.91 Å². The quantitative estimate of drug-likeness (QED) is 0.899. The van der Waals surface area contributed by atoms with Crippen molar-refractivity contribution < 1.29 is 4.79 Å². The van der Waals surface area contributed by atoms with Gasteiger partial charge in [0.1, 0.15) is 0 Å². The van der Waals surface area contributed by atoms with Gasteiger partial charge in [-0.15, -0.1) is 11.3 Å². The first-order valence-corrected chi connectivity index (χ1v) is 9.80. The monoisotopic (exact) mass is 334 g/mol. The van der Waals surface area contributed by atoms with Crippen LogP contribution in [0.2, 0.25) is 0 Å². The molecule has 1 saturated carbocycles. The molecule has 3 aliphatic rings. The number of hydrogen-bond donors (Lipinski definition) is 1. The third-order valence-electron chi connectivity index (χ3n) is 5.63. The molecule has 0 aromatic carbocycles. The SMILES string of the molecule is Cc1csc(N2CCN(C(=O)C3CC4CCCCC4N3)CC2)n1. The van der Waals surface area contributed by atoms with E-state index < -0.39 is 0 Å². The van der Waals surface area contributed by atoms with Crippen molar-refractivity contribution in [3.05, 3.63) is 11.1 Å². The first-order valence-electron chi connectivity index (χ1n) is 8.92. The fraction of sp³-hybridized carbons (Fsp3) is 0.765. The molecule has 0 spiro atoms. The van der Waals surface area contributed by atoms with Gasteiger partial charge in [-0.3, -0.25) is 4.79 Å². The van der Waals surface area contributed by atoms with E-state index in [0.717, 1.165) is 49.3 Å². The molecule has 23 heavy (non-hydrogen) atoms.